The second-order valence-electron chi connectivity index (χ2n) is 3.66. The highest BCUT2D eigenvalue weighted by atomic mass is 16.5. The molecular weight excluding hydrogens is 232 g/mol. The van der Waals surface area contributed by atoms with E-state index in [1.807, 2.05) is 20.2 Å². The Labute approximate surface area is 105 Å². The second kappa shape index (κ2) is 5.35. The Kier molecular flexibility index (Phi) is 3.61. The molecule has 2 aromatic rings. The van der Waals surface area contributed by atoms with E-state index in [-0.39, 0.29) is 0 Å². The van der Waals surface area contributed by atoms with Crippen LogP contribution in [0, 0.1) is 0 Å². The molecule has 0 bridgehead atoms. The molecule has 0 atom stereocenters. The van der Waals surface area contributed by atoms with Crippen molar-refractivity contribution in [2.45, 2.75) is 6.92 Å². The Hall–Kier alpha value is -2.31. The van der Waals surface area contributed by atoms with Gasteiger partial charge in [0.1, 0.15) is 6.33 Å². The summed E-state index contributed by atoms with van der Waals surface area (Å²) in [6.07, 6.45) is 5.06. The van der Waals surface area contributed by atoms with Gasteiger partial charge >= 0.3 is 0 Å². The first-order valence-corrected chi connectivity index (χ1v) is 5.63. The highest BCUT2D eigenvalue weighted by molar-refractivity contribution is 5.68. The average molecular weight is 248 g/mol. The van der Waals surface area contributed by atoms with Crippen LogP contribution in [0.5, 0.6) is 5.75 Å². The van der Waals surface area contributed by atoms with Crippen LogP contribution in [-0.2, 0) is 7.05 Å². The van der Waals surface area contributed by atoms with Gasteiger partial charge in [-0.05, 0) is 6.92 Å². The summed E-state index contributed by atoms with van der Waals surface area (Å²) in [4.78, 5) is 8.31. The van der Waals surface area contributed by atoms with E-state index in [9.17, 15) is 0 Å². The number of rotatable bonds is 5. The Morgan fingerprint density at radius 1 is 1.33 bits per heavy atom. The van der Waals surface area contributed by atoms with E-state index in [2.05, 4.69) is 25.7 Å². The molecule has 7 heteroatoms. The Bertz CT molecular complexity index is 524. The predicted octanol–water partition coefficient (Wildman–Crippen LogP) is 1.39. The van der Waals surface area contributed by atoms with Crippen molar-refractivity contribution >= 4 is 17.3 Å². The quantitative estimate of drug-likeness (QED) is 0.832. The smallest absolute Gasteiger partial charge is 0.204 e. The van der Waals surface area contributed by atoms with Crippen molar-refractivity contribution in [1.29, 1.82) is 0 Å². The van der Waals surface area contributed by atoms with Crippen LogP contribution in [0.25, 0.3) is 0 Å². The lowest BCUT2D eigenvalue weighted by Crippen LogP contribution is -2.05. The van der Waals surface area contributed by atoms with Crippen LogP contribution in [0.4, 0.5) is 17.3 Å². The van der Waals surface area contributed by atoms with Gasteiger partial charge in [-0.3, -0.25) is 4.68 Å². The Morgan fingerprint density at radius 3 is 2.72 bits per heavy atom. The van der Waals surface area contributed by atoms with E-state index < -0.39 is 0 Å². The van der Waals surface area contributed by atoms with Gasteiger partial charge in [0.05, 0.1) is 19.0 Å². The van der Waals surface area contributed by atoms with Gasteiger partial charge in [-0.25, -0.2) is 9.97 Å². The van der Waals surface area contributed by atoms with Crippen molar-refractivity contribution in [3.05, 3.63) is 18.7 Å². The zero-order valence-corrected chi connectivity index (χ0v) is 10.6. The van der Waals surface area contributed by atoms with E-state index in [1.54, 1.807) is 18.0 Å². The number of hydrogen-bond donors (Lipinski definition) is 2. The number of hydrogen-bond acceptors (Lipinski definition) is 6. The van der Waals surface area contributed by atoms with Gasteiger partial charge in [0.25, 0.3) is 0 Å². The predicted molar refractivity (Wildman–Crippen MR) is 69.2 cm³/mol. The van der Waals surface area contributed by atoms with Crippen LogP contribution >= 0.6 is 0 Å². The third-order valence-electron chi connectivity index (χ3n) is 2.32. The summed E-state index contributed by atoms with van der Waals surface area (Å²) in [5, 5.41) is 10.3. The molecule has 18 heavy (non-hydrogen) atoms. The van der Waals surface area contributed by atoms with Crippen molar-refractivity contribution < 1.29 is 4.74 Å². The van der Waals surface area contributed by atoms with Crippen LogP contribution in [0.2, 0.25) is 0 Å². The molecule has 2 heterocycles. The molecule has 7 nitrogen and oxygen atoms in total. The van der Waals surface area contributed by atoms with Crippen LogP contribution in [-0.4, -0.2) is 33.4 Å². The van der Waals surface area contributed by atoms with E-state index in [4.69, 9.17) is 4.74 Å². The minimum atomic E-state index is 0.586. The van der Waals surface area contributed by atoms with Gasteiger partial charge in [-0.15, -0.1) is 0 Å². The van der Waals surface area contributed by atoms with Crippen molar-refractivity contribution in [2.24, 2.45) is 7.05 Å². The summed E-state index contributed by atoms with van der Waals surface area (Å²) < 4.78 is 7.04. The van der Waals surface area contributed by atoms with Crippen molar-refractivity contribution in [2.75, 3.05) is 24.3 Å². The van der Waals surface area contributed by atoms with E-state index in [1.165, 1.54) is 6.33 Å². The largest absolute Gasteiger partial charge is 0.490 e. The first kappa shape index (κ1) is 12.2. The standard InChI is InChI=1S/C11H16N6O/c1-4-12-10-9(18-3)11(14-7-13-10)16-8-5-15-17(2)6-8/h5-7H,4H2,1-3H3,(H2,12,13,14,16). The van der Waals surface area contributed by atoms with Gasteiger partial charge < -0.3 is 15.4 Å². The van der Waals surface area contributed by atoms with Gasteiger partial charge in [0, 0.05) is 19.8 Å². The molecule has 0 aliphatic carbocycles. The van der Waals surface area contributed by atoms with Crippen molar-refractivity contribution in [3.63, 3.8) is 0 Å². The summed E-state index contributed by atoms with van der Waals surface area (Å²) in [7, 11) is 3.44. The maximum atomic E-state index is 5.33. The lowest BCUT2D eigenvalue weighted by Gasteiger charge is -2.12. The molecule has 0 spiro atoms. The zero-order chi connectivity index (χ0) is 13.0. The van der Waals surface area contributed by atoms with Crippen LogP contribution in [0.15, 0.2) is 18.7 Å². The lowest BCUT2D eigenvalue weighted by molar-refractivity contribution is 0.415. The SMILES string of the molecule is CCNc1ncnc(Nc2cnn(C)c2)c1OC. The highest BCUT2D eigenvalue weighted by Crippen LogP contribution is 2.30. The van der Waals surface area contributed by atoms with Gasteiger partial charge in [0.2, 0.25) is 5.75 Å². The summed E-state index contributed by atoms with van der Waals surface area (Å²) in [6, 6.07) is 0. The lowest BCUT2D eigenvalue weighted by atomic mass is 10.4. The average Bonchev–Trinajstić information content (AvgIpc) is 2.76. The van der Waals surface area contributed by atoms with Crippen molar-refractivity contribution in [1.82, 2.24) is 19.7 Å². The molecule has 0 aromatic carbocycles. The first-order valence-electron chi connectivity index (χ1n) is 5.63. The van der Waals surface area contributed by atoms with E-state index >= 15 is 0 Å². The molecule has 0 unspecified atom stereocenters. The van der Waals surface area contributed by atoms with Gasteiger partial charge in [-0.2, -0.15) is 5.10 Å². The first-order chi connectivity index (χ1) is 8.74. The maximum Gasteiger partial charge on any atom is 0.204 e. The number of aromatic nitrogens is 4. The van der Waals surface area contributed by atoms with E-state index in [0.717, 1.165) is 12.2 Å². The number of nitrogens with zero attached hydrogens (tertiary/aromatic N) is 4. The fraction of sp³-hybridized carbons (Fsp3) is 0.364. The monoisotopic (exact) mass is 248 g/mol. The van der Waals surface area contributed by atoms with Crippen LogP contribution < -0.4 is 15.4 Å². The number of aryl methyl sites for hydroxylation is 1. The fourth-order valence-electron chi connectivity index (χ4n) is 1.57. The maximum absolute atomic E-state index is 5.33. The molecule has 0 saturated carbocycles. The summed E-state index contributed by atoms with van der Waals surface area (Å²) >= 11 is 0. The molecule has 0 fully saturated rings. The Morgan fingerprint density at radius 2 is 2.11 bits per heavy atom. The third-order valence-corrected chi connectivity index (χ3v) is 2.32. The number of methoxy groups -OCH3 is 1. The topological polar surface area (TPSA) is 76.9 Å². The highest BCUT2D eigenvalue weighted by Gasteiger charge is 2.12. The minimum absolute atomic E-state index is 0.586. The number of anilines is 3. The van der Waals surface area contributed by atoms with E-state index in [0.29, 0.717) is 17.4 Å². The normalized spacial score (nSPS) is 10.2. The molecule has 0 saturated heterocycles. The molecular formula is C11H16N6O. The third kappa shape index (κ3) is 2.50. The molecule has 0 aliphatic rings. The molecule has 0 aliphatic heterocycles. The number of nitrogens with one attached hydrogen (secondary N) is 2. The van der Waals surface area contributed by atoms with Gasteiger partial charge in [-0.1, -0.05) is 0 Å². The molecule has 96 valence electrons. The summed E-state index contributed by atoms with van der Waals surface area (Å²) in [5.41, 5.74) is 0.844. The van der Waals surface area contributed by atoms with Crippen LogP contribution in [0.3, 0.4) is 0 Å². The second-order valence-corrected chi connectivity index (χ2v) is 3.66. The minimum Gasteiger partial charge on any atom is -0.490 e. The Balaban J connectivity index is 2.29. The summed E-state index contributed by atoms with van der Waals surface area (Å²) in [5.74, 6) is 1.86. The zero-order valence-electron chi connectivity index (χ0n) is 10.6. The van der Waals surface area contributed by atoms with Crippen molar-refractivity contribution in [3.8, 4) is 5.75 Å². The molecule has 0 amide bonds. The number of ether oxygens (including phenoxy) is 1. The van der Waals surface area contributed by atoms with Crippen LogP contribution in [0.1, 0.15) is 6.92 Å². The van der Waals surface area contributed by atoms with Gasteiger partial charge in [0.15, 0.2) is 11.6 Å². The molecule has 2 rings (SSSR count). The molecule has 2 N–H and O–H groups in total. The fourth-order valence-corrected chi connectivity index (χ4v) is 1.57. The molecule has 2 aromatic heterocycles. The molecule has 0 radical (unpaired) electrons. The summed E-state index contributed by atoms with van der Waals surface area (Å²) in [6.45, 7) is 2.76.